The summed E-state index contributed by atoms with van der Waals surface area (Å²) in [5.74, 6) is -0.388. The van der Waals surface area contributed by atoms with E-state index in [0.29, 0.717) is 12.3 Å². The van der Waals surface area contributed by atoms with E-state index in [9.17, 15) is 4.39 Å². The van der Waals surface area contributed by atoms with Crippen molar-refractivity contribution in [1.29, 1.82) is 10.9 Å². The standard InChI is InChI=1S/C9H11FN4O/c1-2-15-9-4-3-7(5-8(9)10)14(6-11)13-12/h3-6,11-12H,2H2,1H3. The predicted octanol–water partition coefficient (Wildman–Crippen LogP) is 2.58. The molecule has 0 aliphatic carbocycles. The fraction of sp³-hybridized carbons (Fsp3) is 0.222. The molecule has 15 heavy (non-hydrogen) atoms. The maximum absolute atomic E-state index is 13.3. The van der Waals surface area contributed by atoms with E-state index in [-0.39, 0.29) is 5.75 Å². The van der Waals surface area contributed by atoms with Crippen LogP contribution < -0.4 is 9.75 Å². The molecule has 80 valence electrons. The number of nitrogens with one attached hydrogen (secondary N) is 2. The Balaban J connectivity index is 2.99. The second-order valence-corrected chi connectivity index (χ2v) is 2.62. The predicted molar refractivity (Wildman–Crippen MR) is 54.0 cm³/mol. The fourth-order valence-electron chi connectivity index (χ4n) is 1.07. The normalized spacial score (nSPS) is 9.47. The van der Waals surface area contributed by atoms with Crippen LogP contribution in [-0.2, 0) is 0 Å². The zero-order chi connectivity index (χ0) is 11.3. The lowest BCUT2D eigenvalue weighted by atomic mass is 10.3. The average Bonchev–Trinajstić information content (AvgIpc) is 2.24. The van der Waals surface area contributed by atoms with Gasteiger partial charge >= 0.3 is 0 Å². The monoisotopic (exact) mass is 210 g/mol. The molecule has 0 saturated carbocycles. The summed E-state index contributed by atoms with van der Waals surface area (Å²) in [6.07, 6.45) is 0.822. The minimum Gasteiger partial charge on any atom is -0.491 e. The second-order valence-electron chi connectivity index (χ2n) is 2.62. The molecule has 0 atom stereocenters. The molecule has 0 amide bonds. The summed E-state index contributed by atoms with van der Waals surface area (Å²) in [6, 6.07) is 4.13. The van der Waals surface area contributed by atoms with Gasteiger partial charge in [0.1, 0.15) is 6.34 Å². The number of nitrogens with zero attached hydrogens (tertiary/aromatic N) is 2. The minimum atomic E-state index is -0.537. The van der Waals surface area contributed by atoms with Crippen LogP contribution in [0.3, 0.4) is 0 Å². The quantitative estimate of drug-likeness (QED) is 0.339. The van der Waals surface area contributed by atoms with Gasteiger partial charge in [0.2, 0.25) is 0 Å². The van der Waals surface area contributed by atoms with Crippen molar-refractivity contribution < 1.29 is 9.13 Å². The lowest BCUT2D eigenvalue weighted by molar-refractivity contribution is 0.321. The third-order valence-corrected chi connectivity index (χ3v) is 1.71. The van der Waals surface area contributed by atoms with Crippen LogP contribution in [-0.4, -0.2) is 12.9 Å². The molecule has 0 spiro atoms. The van der Waals surface area contributed by atoms with Gasteiger partial charge in [-0.3, -0.25) is 5.41 Å². The van der Waals surface area contributed by atoms with Crippen LogP contribution in [0, 0.1) is 16.8 Å². The van der Waals surface area contributed by atoms with Crippen LogP contribution in [0.2, 0.25) is 0 Å². The van der Waals surface area contributed by atoms with Crippen molar-refractivity contribution in [1.82, 2.24) is 0 Å². The van der Waals surface area contributed by atoms with Crippen LogP contribution >= 0.6 is 0 Å². The van der Waals surface area contributed by atoms with Crippen molar-refractivity contribution in [3.05, 3.63) is 24.0 Å². The van der Waals surface area contributed by atoms with E-state index in [1.807, 2.05) is 0 Å². The SMILES string of the molecule is CCOc1ccc(N(C=N)N=N)cc1F. The van der Waals surface area contributed by atoms with E-state index >= 15 is 0 Å². The van der Waals surface area contributed by atoms with Crippen LogP contribution in [0.1, 0.15) is 6.92 Å². The summed E-state index contributed by atoms with van der Waals surface area (Å²) in [5, 5.41) is 10.9. The van der Waals surface area contributed by atoms with Gasteiger partial charge in [0.15, 0.2) is 11.6 Å². The number of halogens is 1. The largest absolute Gasteiger partial charge is 0.491 e. The third-order valence-electron chi connectivity index (χ3n) is 1.71. The fourth-order valence-corrected chi connectivity index (χ4v) is 1.07. The molecule has 1 rings (SSSR count). The Bertz CT molecular complexity index is 361. The van der Waals surface area contributed by atoms with Crippen molar-refractivity contribution in [2.24, 2.45) is 5.22 Å². The maximum atomic E-state index is 13.3. The van der Waals surface area contributed by atoms with Gasteiger partial charge in [-0.05, 0) is 19.1 Å². The van der Waals surface area contributed by atoms with E-state index in [1.165, 1.54) is 12.1 Å². The molecule has 0 heterocycles. The minimum absolute atomic E-state index is 0.149. The smallest absolute Gasteiger partial charge is 0.167 e. The third kappa shape index (κ3) is 2.49. The highest BCUT2D eigenvalue weighted by Gasteiger charge is 2.07. The Morgan fingerprint density at radius 3 is 2.80 bits per heavy atom. The summed E-state index contributed by atoms with van der Waals surface area (Å²) in [5.41, 5.74) is 7.05. The molecule has 0 unspecified atom stereocenters. The highest BCUT2D eigenvalue weighted by atomic mass is 19.1. The van der Waals surface area contributed by atoms with E-state index in [1.54, 1.807) is 6.92 Å². The highest BCUT2D eigenvalue weighted by Crippen LogP contribution is 2.23. The summed E-state index contributed by atoms with van der Waals surface area (Å²) in [4.78, 5) is 0. The molecule has 0 aliphatic rings. The topological polar surface area (TPSA) is 72.5 Å². The van der Waals surface area contributed by atoms with Crippen molar-refractivity contribution in [3.63, 3.8) is 0 Å². The maximum Gasteiger partial charge on any atom is 0.167 e. The van der Waals surface area contributed by atoms with Crippen LogP contribution in [0.15, 0.2) is 23.4 Å². The Morgan fingerprint density at radius 2 is 2.33 bits per heavy atom. The Hall–Kier alpha value is -1.98. The molecule has 0 radical (unpaired) electrons. The molecule has 0 bridgehead atoms. The van der Waals surface area contributed by atoms with E-state index in [2.05, 4.69) is 5.22 Å². The summed E-state index contributed by atoms with van der Waals surface area (Å²) in [6.45, 7) is 2.14. The van der Waals surface area contributed by atoms with Crippen LogP contribution in [0.25, 0.3) is 0 Å². The van der Waals surface area contributed by atoms with E-state index < -0.39 is 5.82 Å². The lowest BCUT2D eigenvalue weighted by Crippen LogP contribution is -2.11. The van der Waals surface area contributed by atoms with E-state index in [4.69, 9.17) is 15.7 Å². The van der Waals surface area contributed by atoms with Gasteiger partial charge in [-0.1, -0.05) is 5.22 Å². The molecule has 0 saturated heterocycles. The summed E-state index contributed by atoms with van der Waals surface area (Å²) < 4.78 is 18.4. The first-order valence-electron chi connectivity index (χ1n) is 4.32. The molecule has 5 nitrogen and oxygen atoms in total. The van der Waals surface area contributed by atoms with Crippen LogP contribution in [0.5, 0.6) is 5.75 Å². The Kier molecular flexibility index (Phi) is 3.73. The average molecular weight is 210 g/mol. The van der Waals surface area contributed by atoms with Crippen molar-refractivity contribution >= 4 is 12.0 Å². The van der Waals surface area contributed by atoms with Gasteiger partial charge in [-0.25, -0.2) is 9.40 Å². The molecule has 1 aromatic rings. The number of rotatable bonds is 5. The summed E-state index contributed by atoms with van der Waals surface area (Å²) in [7, 11) is 0. The van der Waals surface area contributed by atoms with Gasteiger partial charge in [-0.15, -0.1) is 0 Å². The first-order chi connectivity index (χ1) is 7.22. The van der Waals surface area contributed by atoms with Gasteiger partial charge in [0.25, 0.3) is 0 Å². The van der Waals surface area contributed by atoms with Crippen molar-refractivity contribution in [2.45, 2.75) is 6.92 Å². The Morgan fingerprint density at radius 1 is 1.60 bits per heavy atom. The molecule has 2 N–H and O–H groups in total. The second kappa shape index (κ2) is 5.04. The number of hydrogen-bond donors (Lipinski definition) is 2. The molecule has 1 aromatic carbocycles. The molecular weight excluding hydrogens is 199 g/mol. The number of ether oxygens (including phenoxy) is 1. The van der Waals surface area contributed by atoms with Gasteiger partial charge in [-0.2, -0.15) is 5.53 Å². The van der Waals surface area contributed by atoms with Crippen molar-refractivity contribution in [2.75, 3.05) is 11.6 Å². The first-order valence-corrected chi connectivity index (χ1v) is 4.32. The lowest BCUT2D eigenvalue weighted by Gasteiger charge is -2.11. The molecule has 0 fully saturated rings. The molecule has 6 heteroatoms. The molecule has 0 aliphatic heterocycles. The highest BCUT2D eigenvalue weighted by molar-refractivity contribution is 5.75. The number of anilines is 1. The van der Waals surface area contributed by atoms with Gasteiger partial charge in [0.05, 0.1) is 12.3 Å². The van der Waals surface area contributed by atoms with E-state index in [0.717, 1.165) is 17.4 Å². The van der Waals surface area contributed by atoms with Gasteiger partial charge < -0.3 is 4.74 Å². The zero-order valence-corrected chi connectivity index (χ0v) is 8.20. The Labute approximate surface area is 86.5 Å². The number of benzene rings is 1. The summed E-state index contributed by atoms with van der Waals surface area (Å²) >= 11 is 0. The van der Waals surface area contributed by atoms with Crippen molar-refractivity contribution in [3.8, 4) is 5.75 Å². The number of hydrogen-bond acceptors (Lipinski definition) is 4. The molecular formula is C9H11FN4O. The molecule has 0 aromatic heterocycles. The zero-order valence-electron chi connectivity index (χ0n) is 8.20. The van der Waals surface area contributed by atoms with Crippen LogP contribution in [0.4, 0.5) is 10.1 Å². The first kappa shape index (κ1) is 11.1. The van der Waals surface area contributed by atoms with Gasteiger partial charge in [0, 0.05) is 6.07 Å².